The van der Waals surface area contributed by atoms with E-state index in [0.717, 1.165) is 36.9 Å². The Bertz CT molecular complexity index is 3390. The molecule has 2 saturated carbocycles. The van der Waals surface area contributed by atoms with Gasteiger partial charge in [0.2, 0.25) is 0 Å². The first-order valence-corrected chi connectivity index (χ1v) is 22.2. The van der Waals surface area contributed by atoms with Gasteiger partial charge in [-0.2, -0.15) is 15.3 Å². The minimum atomic E-state index is -0.790. The Kier molecular flexibility index (Phi) is 8.55. The Morgan fingerprint density at radius 1 is 0.954 bits per heavy atom. The maximum absolute atomic E-state index is 16.1. The Labute approximate surface area is 369 Å². The molecule has 1 amide bonds. The van der Waals surface area contributed by atoms with Crippen LogP contribution in [0.1, 0.15) is 121 Å². The molecular formula is C47H45F2N11O5. The van der Waals surface area contributed by atoms with E-state index < -0.39 is 28.7 Å². The lowest BCUT2D eigenvalue weighted by atomic mass is 9.86. The van der Waals surface area contributed by atoms with Gasteiger partial charge in [0.25, 0.3) is 5.91 Å². The molecular weight excluding hydrogens is 837 g/mol. The van der Waals surface area contributed by atoms with Crippen LogP contribution in [-0.4, -0.2) is 78.0 Å². The van der Waals surface area contributed by atoms with E-state index in [4.69, 9.17) is 19.5 Å². The molecule has 0 bridgehead atoms. The lowest BCUT2D eigenvalue weighted by Crippen LogP contribution is -2.40. The molecule has 16 nitrogen and oxygen atoms in total. The minimum absolute atomic E-state index is 0.0462. The number of H-pyrrole nitrogens is 1. The molecule has 3 fully saturated rings. The van der Waals surface area contributed by atoms with Crippen molar-refractivity contribution >= 4 is 22.3 Å². The topological polar surface area (TPSA) is 168 Å². The Hall–Kier alpha value is -6.95. The Balaban J connectivity index is 0.994. The number of hydrogen-bond acceptors (Lipinski definition) is 9. The van der Waals surface area contributed by atoms with Crippen LogP contribution in [0.4, 0.5) is 8.78 Å². The van der Waals surface area contributed by atoms with Crippen molar-refractivity contribution in [3.8, 4) is 17.2 Å². The van der Waals surface area contributed by atoms with Crippen molar-refractivity contribution in [1.82, 2.24) is 53.3 Å². The van der Waals surface area contributed by atoms with Crippen molar-refractivity contribution < 1.29 is 22.8 Å². The van der Waals surface area contributed by atoms with Gasteiger partial charge in [-0.3, -0.25) is 28.1 Å². The molecule has 0 spiro atoms. The molecule has 4 aliphatic rings. The molecule has 332 valence electrons. The monoisotopic (exact) mass is 881 g/mol. The van der Waals surface area contributed by atoms with Crippen molar-refractivity contribution in [3.63, 3.8) is 0 Å². The van der Waals surface area contributed by atoms with E-state index in [0.29, 0.717) is 83.2 Å². The van der Waals surface area contributed by atoms with Crippen LogP contribution in [0.5, 0.6) is 0 Å². The number of nitrogens with zero attached hydrogens (tertiary/aromatic N) is 10. The number of carbonyl (C=O) groups is 1. The number of nitrogens with one attached hydrogen (secondary N) is 1. The predicted octanol–water partition coefficient (Wildman–Crippen LogP) is 6.69. The fourth-order valence-corrected chi connectivity index (χ4v) is 10.6. The van der Waals surface area contributed by atoms with Gasteiger partial charge in [-0.05, 0) is 113 Å². The van der Waals surface area contributed by atoms with Crippen LogP contribution in [0, 0.1) is 11.6 Å². The fraction of sp³-hybridized carbons (Fsp3) is 0.383. The second-order valence-electron chi connectivity index (χ2n) is 18.8. The third-order valence-electron chi connectivity index (χ3n) is 14.2. The average molecular weight is 882 g/mol. The number of aromatic amines is 1. The van der Waals surface area contributed by atoms with Crippen LogP contribution in [0.15, 0.2) is 81.4 Å². The molecule has 2 atom stereocenters. The molecule has 1 saturated heterocycles. The smallest absolute Gasteiger partial charge is 0.376 e. The summed E-state index contributed by atoms with van der Waals surface area (Å²) in [5.74, 6) is -0.898. The van der Waals surface area contributed by atoms with Gasteiger partial charge < -0.3 is 9.64 Å². The lowest BCUT2D eigenvalue weighted by Gasteiger charge is -2.35. The SMILES string of the molecule is C[C@H]1c2c(nn(-c3ccc(F)c(C4CC4)c3)c2-n2ccn(-c3ccc4c(cnn4C)c3F)c2=O)CCN1C(=O)c1cn2nc([C@@H]3CCOC(C)(C)C3)ccc2c1C1(c2noc(=O)[nH]2)CC1. The number of carbonyl (C=O) groups excluding carboxylic acids is 1. The highest BCUT2D eigenvalue weighted by molar-refractivity contribution is 5.99. The Morgan fingerprint density at radius 2 is 1.75 bits per heavy atom. The van der Waals surface area contributed by atoms with Crippen molar-refractivity contribution in [1.29, 1.82) is 0 Å². The van der Waals surface area contributed by atoms with Gasteiger partial charge in [0.05, 0.1) is 68.0 Å². The number of aryl methyl sites for hydroxylation is 1. The van der Waals surface area contributed by atoms with Crippen LogP contribution in [0.2, 0.25) is 0 Å². The molecule has 2 aliphatic carbocycles. The van der Waals surface area contributed by atoms with E-state index in [9.17, 15) is 9.59 Å². The zero-order chi connectivity index (χ0) is 44.7. The van der Waals surface area contributed by atoms with E-state index >= 15 is 13.6 Å². The molecule has 1 N–H and O–H groups in total. The molecule has 0 radical (unpaired) electrons. The highest BCUT2D eigenvalue weighted by atomic mass is 19.1. The van der Waals surface area contributed by atoms with Gasteiger partial charge in [-0.25, -0.2) is 27.6 Å². The molecule has 65 heavy (non-hydrogen) atoms. The van der Waals surface area contributed by atoms with Crippen LogP contribution < -0.4 is 11.4 Å². The third-order valence-corrected chi connectivity index (χ3v) is 14.2. The number of amides is 1. The van der Waals surface area contributed by atoms with Gasteiger partial charge in [0, 0.05) is 62.3 Å². The fourth-order valence-electron chi connectivity index (χ4n) is 10.6. The summed E-state index contributed by atoms with van der Waals surface area (Å²) >= 11 is 0. The first-order chi connectivity index (χ1) is 31.3. The summed E-state index contributed by atoms with van der Waals surface area (Å²) in [4.78, 5) is 47.0. The number of ether oxygens (including phenoxy) is 1. The maximum atomic E-state index is 16.1. The summed E-state index contributed by atoms with van der Waals surface area (Å²) in [6.07, 6.45) is 11.2. The van der Waals surface area contributed by atoms with Crippen molar-refractivity contribution in [2.45, 2.75) is 94.6 Å². The van der Waals surface area contributed by atoms with Crippen LogP contribution in [0.25, 0.3) is 33.6 Å². The number of hydrogen-bond donors (Lipinski definition) is 1. The Morgan fingerprint density at radius 3 is 2.51 bits per heavy atom. The largest absolute Gasteiger partial charge is 0.438 e. The molecule has 8 heterocycles. The molecule has 2 aliphatic heterocycles. The second-order valence-corrected chi connectivity index (χ2v) is 18.8. The van der Waals surface area contributed by atoms with E-state index in [-0.39, 0.29) is 40.2 Å². The van der Waals surface area contributed by atoms with Gasteiger partial charge >= 0.3 is 11.4 Å². The summed E-state index contributed by atoms with van der Waals surface area (Å²) in [5, 5.41) is 18.8. The quantitative estimate of drug-likeness (QED) is 0.175. The number of aromatic nitrogens is 10. The summed E-state index contributed by atoms with van der Waals surface area (Å²) in [5.41, 5.74) is 4.12. The number of fused-ring (bicyclic) bond motifs is 3. The number of halogens is 2. The van der Waals surface area contributed by atoms with Crippen LogP contribution in [-0.2, 0) is 23.6 Å². The number of rotatable bonds is 8. The van der Waals surface area contributed by atoms with E-state index in [1.165, 1.54) is 27.6 Å². The molecule has 8 aromatic rings. The first kappa shape index (κ1) is 39.6. The summed E-state index contributed by atoms with van der Waals surface area (Å²) < 4.78 is 50.0. The summed E-state index contributed by atoms with van der Waals surface area (Å²) in [6, 6.07) is 11.5. The molecule has 0 unspecified atom stereocenters. The van der Waals surface area contributed by atoms with Crippen LogP contribution in [0.3, 0.4) is 0 Å². The average Bonchev–Trinajstić information content (AvgIpc) is 4.03. The van der Waals surface area contributed by atoms with Gasteiger partial charge in [0.1, 0.15) is 11.6 Å². The summed E-state index contributed by atoms with van der Waals surface area (Å²) in [7, 11) is 1.72. The van der Waals surface area contributed by atoms with Crippen LogP contribution >= 0.6 is 0 Å². The van der Waals surface area contributed by atoms with Gasteiger partial charge in [0.15, 0.2) is 11.6 Å². The van der Waals surface area contributed by atoms with Crippen molar-refractivity contribution in [3.05, 3.63) is 139 Å². The van der Waals surface area contributed by atoms with Gasteiger partial charge in [-0.1, -0.05) is 5.16 Å². The normalized spacial score (nSPS) is 20.2. The second kappa shape index (κ2) is 14.0. The minimum Gasteiger partial charge on any atom is -0.376 e. The number of benzene rings is 2. The van der Waals surface area contributed by atoms with E-state index in [2.05, 4.69) is 29.1 Å². The molecule has 2 aromatic carbocycles. The van der Waals surface area contributed by atoms with Crippen molar-refractivity contribution in [2.75, 3.05) is 13.2 Å². The predicted molar refractivity (Wildman–Crippen MR) is 232 cm³/mol. The van der Waals surface area contributed by atoms with Gasteiger partial charge in [-0.15, -0.1) is 0 Å². The van der Waals surface area contributed by atoms with Crippen molar-refractivity contribution in [2.24, 2.45) is 7.05 Å². The highest BCUT2D eigenvalue weighted by Crippen LogP contribution is 2.55. The number of imidazole rings is 1. The standard InChI is InChI=1S/C47H45F2N11O5/c1-25-38-34(53-60(28-7-8-32(48)29(21-28)26-5-6-26)41(38)58-19-18-57(45(58)63)37-12-11-35-30(40(37)49)23-50-55(35)4)13-17-56(25)42(61)31-24-59-36(39(31)47(15-16-47)43-51-44(62)65-54-43)10-9-33(52-59)27-14-20-64-46(2,3)22-27/h7-12,18-19,21,23-27H,5-6,13-17,20,22H2,1-4H3,(H,51,54,62)/t25-,27+/m0/s1. The molecule has 12 rings (SSSR count). The van der Waals surface area contributed by atoms with E-state index in [1.807, 2.05) is 19.1 Å². The molecule has 18 heteroatoms. The first-order valence-electron chi connectivity index (χ1n) is 22.2. The van der Waals surface area contributed by atoms with E-state index in [1.54, 1.807) is 62.5 Å². The highest BCUT2D eigenvalue weighted by Gasteiger charge is 2.54. The summed E-state index contributed by atoms with van der Waals surface area (Å²) in [6.45, 7) is 6.98. The maximum Gasteiger partial charge on any atom is 0.438 e. The lowest BCUT2D eigenvalue weighted by molar-refractivity contribution is -0.0598. The zero-order valence-corrected chi connectivity index (χ0v) is 36.2. The third kappa shape index (κ3) is 6.12. The zero-order valence-electron chi connectivity index (χ0n) is 36.2. The molecule has 6 aromatic heterocycles.